The van der Waals surface area contributed by atoms with Crippen molar-refractivity contribution in [3.63, 3.8) is 0 Å². The van der Waals surface area contributed by atoms with Gasteiger partial charge in [-0.15, -0.1) is 5.10 Å². The van der Waals surface area contributed by atoms with Crippen molar-refractivity contribution in [3.8, 4) is 5.69 Å². The van der Waals surface area contributed by atoms with Crippen LogP contribution in [0.15, 0.2) is 42.6 Å². The Morgan fingerprint density at radius 3 is 2.38 bits per heavy atom. The molecule has 4 N–H and O–H groups in total. The lowest BCUT2D eigenvalue weighted by Crippen LogP contribution is -2.58. The molecule has 0 bridgehead atoms. The van der Waals surface area contributed by atoms with Crippen LogP contribution in [0, 0.1) is 6.92 Å². The van der Waals surface area contributed by atoms with Crippen molar-refractivity contribution in [1.29, 1.82) is 0 Å². The normalized spacial score (nSPS) is 17.5. The first-order chi connectivity index (χ1) is 20.0. The minimum atomic E-state index is -0.244. The second-order valence-electron chi connectivity index (χ2n) is 13.1. The fraction of sp³-hybridized carbons (Fsp3) is 0.515. The number of amides is 2. The van der Waals surface area contributed by atoms with Gasteiger partial charge < -0.3 is 16.4 Å². The number of hydrogen-bond donors (Lipinski definition) is 3. The van der Waals surface area contributed by atoms with Gasteiger partial charge in [0.15, 0.2) is 5.69 Å². The third-order valence-electron chi connectivity index (χ3n) is 8.91. The Hall–Kier alpha value is -3.72. The molecule has 3 aromatic rings. The number of aromatic nitrogens is 3. The molecule has 2 amide bonds. The summed E-state index contributed by atoms with van der Waals surface area (Å²) in [6.07, 6.45) is 11.4. The van der Waals surface area contributed by atoms with Crippen molar-refractivity contribution in [3.05, 3.63) is 65.0 Å². The van der Waals surface area contributed by atoms with E-state index in [0.29, 0.717) is 23.5 Å². The predicted octanol–water partition coefficient (Wildman–Crippen LogP) is 5.63. The molecule has 0 radical (unpaired) electrons. The highest BCUT2D eigenvalue weighted by molar-refractivity contribution is 6.05. The lowest BCUT2D eigenvalue weighted by Gasteiger charge is -2.48. The van der Waals surface area contributed by atoms with Crippen molar-refractivity contribution < 1.29 is 9.59 Å². The quantitative estimate of drug-likeness (QED) is 0.317. The zero-order valence-corrected chi connectivity index (χ0v) is 25.5. The van der Waals surface area contributed by atoms with Crippen molar-refractivity contribution in [2.45, 2.75) is 90.0 Å². The van der Waals surface area contributed by atoms with Gasteiger partial charge in [0.1, 0.15) is 0 Å². The molecule has 1 saturated heterocycles. The van der Waals surface area contributed by atoms with Crippen LogP contribution < -0.4 is 16.4 Å². The van der Waals surface area contributed by atoms with Gasteiger partial charge >= 0.3 is 0 Å². The second-order valence-corrected chi connectivity index (χ2v) is 13.1. The molecule has 0 atom stereocenters. The summed E-state index contributed by atoms with van der Waals surface area (Å²) in [4.78, 5) is 29.0. The Labute approximate surface area is 249 Å². The highest BCUT2D eigenvalue weighted by Crippen LogP contribution is 2.35. The maximum atomic E-state index is 13.2. The number of nitrogen functional groups attached to an aromatic ring is 1. The molecule has 5 rings (SSSR count). The molecule has 9 heteroatoms. The Kier molecular flexibility index (Phi) is 8.68. The molecule has 2 aliphatic rings. The first-order valence-electron chi connectivity index (χ1n) is 15.3. The summed E-state index contributed by atoms with van der Waals surface area (Å²) in [5.41, 5.74) is 10.6. The summed E-state index contributed by atoms with van der Waals surface area (Å²) in [7, 11) is 0. The largest absolute Gasteiger partial charge is 0.399 e. The zero-order valence-electron chi connectivity index (χ0n) is 25.5. The Bertz CT molecular complexity index is 1430. The van der Waals surface area contributed by atoms with E-state index in [1.54, 1.807) is 16.9 Å². The van der Waals surface area contributed by atoms with Gasteiger partial charge in [-0.1, -0.05) is 57.7 Å². The number of hydrogen-bond acceptors (Lipinski definition) is 6. The average molecular weight is 572 g/mol. The summed E-state index contributed by atoms with van der Waals surface area (Å²) < 4.78 is 1.60. The van der Waals surface area contributed by atoms with Crippen molar-refractivity contribution >= 4 is 23.2 Å². The van der Waals surface area contributed by atoms with Crippen LogP contribution in [0.2, 0.25) is 0 Å². The van der Waals surface area contributed by atoms with E-state index in [1.807, 2.05) is 37.3 Å². The second kappa shape index (κ2) is 12.3. The number of carbonyl (C=O) groups excluding carboxylic acids is 2. The molecule has 2 fully saturated rings. The third-order valence-corrected chi connectivity index (χ3v) is 8.91. The van der Waals surface area contributed by atoms with Gasteiger partial charge in [0.05, 0.1) is 11.9 Å². The fourth-order valence-corrected chi connectivity index (χ4v) is 6.36. The number of likely N-dealkylation sites (tertiary alicyclic amines) is 1. The van der Waals surface area contributed by atoms with Crippen molar-refractivity contribution in [2.24, 2.45) is 0 Å². The number of nitrogens with zero attached hydrogens (tertiary/aromatic N) is 4. The summed E-state index contributed by atoms with van der Waals surface area (Å²) in [6, 6.07) is 11.1. The van der Waals surface area contributed by atoms with Gasteiger partial charge in [0, 0.05) is 29.0 Å². The summed E-state index contributed by atoms with van der Waals surface area (Å²) in [5.74, 6) is -0.451. The highest BCUT2D eigenvalue weighted by Gasteiger charge is 2.38. The van der Waals surface area contributed by atoms with Crippen LogP contribution in [-0.2, 0) is 5.41 Å². The van der Waals surface area contributed by atoms with E-state index in [4.69, 9.17) is 5.73 Å². The Morgan fingerprint density at radius 2 is 1.67 bits per heavy atom. The molecule has 2 aromatic carbocycles. The van der Waals surface area contributed by atoms with E-state index < -0.39 is 0 Å². The zero-order chi connectivity index (χ0) is 29.9. The summed E-state index contributed by atoms with van der Waals surface area (Å²) in [5, 5.41) is 14.6. The average Bonchev–Trinajstić information content (AvgIpc) is 3.47. The molecule has 1 aromatic heterocycles. The molecule has 1 aliphatic heterocycles. The van der Waals surface area contributed by atoms with E-state index >= 15 is 0 Å². The smallest absolute Gasteiger partial charge is 0.273 e. The number of benzene rings is 2. The Morgan fingerprint density at radius 1 is 0.952 bits per heavy atom. The SMILES string of the molecule is Cc1ccc(NC(=O)c2cc(N)cc(C(C)(C)C)c2)cc1-n1cc(C(=O)NCC2(N3CCCCC3)CCCCC2)nn1. The van der Waals surface area contributed by atoms with Gasteiger partial charge in [-0.2, -0.15) is 0 Å². The van der Waals surface area contributed by atoms with Gasteiger partial charge in [-0.25, -0.2) is 4.68 Å². The van der Waals surface area contributed by atoms with E-state index in [0.717, 1.165) is 42.7 Å². The molecule has 1 saturated carbocycles. The number of anilines is 2. The van der Waals surface area contributed by atoms with E-state index in [2.05, 4.69) is 46.6 Å². The van der Waals surface area contributed by atoms with Crippen LogP contribution in [0.5, 0.6) is 0 Å². The monoisotopic (exact) mass is 571 g/mol. The number of rotatable bonds is 7. The molecule has 42 heavy (non-hydrogen) atoms. The highest BCUT2D eigenvalue weighted by atomic mass is 16.2. The van der Waals surface area contributed by atoms with Gasteiger partial charge in [0.2, 0.25) is 0 Å². The van der Waals surface area contributed by atoms with Gasteiger partial charge in [-0.3, -0.25) is 14.5 Å². The van der Waals surface area contributed by atoms with Crippen LogP contribution in [0.3, 0.4) is 0 Å². The molecule has 9 nitrogen and oxygen atoms in total. The first-order valence-corrected chi connectivity index (χ1v) is 15.3. The minimum absolute atomic E-state index is 0.0461. The number of nitrogens with one attached hydrogen (secondary N) is 2. The summed E-state index contributed by atoms with van der Waals surface area (Å²) >= 11 is 0. The van der Waals surface area contributed by atoms with Crippen molar-refractivity contribution in [1.82, 2.24) is 25.2 Å². The lowest BCUT2D eigenvalue weighted by molar-refractivity contribution is 0.0326. The van der Waals surface area contributed by atoms with Crippen LogP contribution >= 0.6 is 0 Å². The number of aryl methyl sites for hydroxylation is 1. The summed E-state index contributed by atoms with van der Waals surface area (Å²) in [6.45, 7) is 11.1. The molecule has 0 unspecified atom stereocenters. The van der Waals surface area contributed by atoms with E-state index in [-0.39, 0.29) is 28.5 Å². The molecule has 1 aliphatic carbocycles. The van der Waals surface area contributed by atoms with Gasteiger partial charge in [0.25, 0.3) is 11.8 Å². The van der Waals surface area contributed by atoms with Crippen LogP contribution in [0.25, 0.3) is 5.69 Å². The van der Waals surface area contributed by atoms with Crippen LogP contribution in [0.1, 0.15) is 104 Å². The van der Waals surface area contributed by atoms with Gasteiger partial charge in [-0.05, 0) is 92.6 Å². The minimum Gasteiger partial charge on any atom is -0.399 e. The lowest BCUT2D eigenvalue weighted by atomic mass is 9.79. The fourth-order valence-electron chi connectivity index (χ4n) is 6.36. The van der Waals surface area contributed by atoms with E-state index in [9.17, 15) is 9.59 Å². The Balaban J connectivity index is 1.29. The molecule has 2 heterocycles. The predicted molar refractivity (Wildman–Crippen MR) is 167 cm³/mol. The maximum absolute atomic E-state index is 13.2. The van der Waals surface area contributed by atoms with Crippen molar-refractivity contribution in [2.75, 3.05) is 30.7 Å². The molecule has 224 valence electrons. The molecule has 0 spiro atoms. The number of piperidine rings is 1. The van der Waals surface area contributed by atoms with Crippen LogP contribution in [0.4, 0.5) is 11.4 Å². The topological polar surface area (TPSA) is 118 Å². The number of carbonyl (C=O) groups is 2. The first kappa shape index (κ1) is 29.8. The standard InChI is InChI=1S/C33H45N7O2/c1-23-11-12-27(36-30(41)24-17-25(32(2,3)4)19-26(34)18-24)20-29(23)40-21-28(37-38-40)31(42)35-22-33(13-7-5-8-14-33)39-15-9-6-10-16-39/h11-12,17-21H,5-10,13-16,22,34H2,1-4H3,(H,35,42)(H,36,41). The van der Waals surface area contributed by atoms with Crippen LogP contribution in [-0.4, -0.2) is 56.9 Å². The molecular weight excluding hydrogens is 526 g/mol. The maximum Gasteiger partial charge on any atom is 0.273 e. The molecular formula is C33H45N7O2. The third kappa shape index (κ3) is 6.67. The van der Waals surface area contributed by atoms with E-state index in [1.165, 1.54) is 38.5 Å². The number of nitrogens with two attached hydrogens (primary N) is 1.